The Bertz CT molecular complexity index is 607. The van der Waals surface area contributed by atoms with Gasteiger partial charge in [0, 0.05) is 51.2 Å². The lowest BCUT2D eigenvalue weighted by Crippen LogP contribution is -2.57. The van der Waals surface area contributed by atoms with Crippen molar-refractivity contribution in [3.05, 3.63) is 5.01 Å². The van der Waals surface area contributed by atoms with Crippen LogP contribution in [0.25, 0.3) is 0 Å². The van der Waals surface area contributed by atoms with Crippen molar-refractivity contribution >= 4 is 16.5 Å². The zero-order valence-corrected chi connectivity index (χ0v) is 17.7. The second kappa shape index (κ2) is 8.72. The summed E-state index contributed by atoms with van der Waals surface area (Å²) in [4.78, 5) is 5.16. The molecule has 2 aliphatic heterocycles. The first kappa shape index (κ1) is 19.6. The lowest BCUT2D eigenvalue weighted by molar-refractivity contribution is -0.0539. The molecule has 3 aliphatic rings. The third-order valence-corrected chi connectivity index (χ3v) is 7.88. The lowest BCUT2D eigenvalue weighted by atomic mass is 9.62. The predicted molar refractivity (Wildman–Crippen MR) is 109 cm³/mol. The van der Waals surface area contributed by atoms with Gasteiger partial charge < -0.3 is 14.4 Å². The van der Waals surface area contributed by atoms with Crippen LogP contribution < -0.4 is 4.90 Å². The molecule has 3 heterocycles. The number of methoxy groups -OCH3 is 1. The van der Waals surface area contributed by atoms with Crippen molar-refractivity contribution in [1.82, 2.24) is 15.1 Å². The number of aryl methyl sites for hydroxylation is 1. The number of hydrogen-bond acceptors (Lipinski definition) is 7. The Morgan fingerprint density at radius 3 is 2.85 bits per heavy atom. The standard InChI is InChI=1S/C20H34N4O2S/c1-3-4-18-21-22-19(27-18)24-8-6-16-13-17(23-9-11-26-12-10-23)5-7-20(16,14-24)15-25-2/h16-17H,3-15H2,1-2H3/t16-,17-,20+/m0/s1. The molecule has 27 heavy (non-hydrogen) atoms. The van der Waals surface area contributed by atoms with Crippen LogP contribution in [-0.2, 0) is 15.9 Å². The zero-order valence-electron chi connectivity index (χ0n) is 16.9. The molecule has 1 aromatic rings. The van der Waals surface area contributed by atoms with E-state index in [4.69, 9.17) is 9.47 Å². The van der Waals surface area contributed by atoms with Crippen LogP contribution in [0.15, 0.2) is 0 Å². The summed E-state index contributed by atoms with van der Waals surface area (Å²) in [5.41, 5.74) is 0.270. The molecular weight excluding hydrogens is 360 g/mol. The molecule has 0 aromatic carbocycles. The molecule has 3 atom stereocenters. The number of fused-ring (bicyclic) bond motifs is 1. The van der Waals surface area contributed by atoms with E-state index in [0.717, 1.165) is 75.9 Å². The van der Waals surface area contributed by atoms with Crippen molar-refractivity contribution in [3.8, 4) is 0 Å². The number of ether oxygens (including phenoxy) is 2. The van der Waals surface area contributed by atoms with Crippen LogP contribution in [0.3, 0.4) is 0 Å². The van der Waals surface area contributed by atoms with Crippen LogP contribution in [0.5, 0.6) is 0 Å². The summed E-state index contributed by atoms with van der Waals surface area (Å²) in [7, 11) is 1.86. The smallest absolute Gasteiger partial charge is 0.208 e. The number of piperidine rings is 1. The van der Waals surface area contributed by atoms with E-state index in [-0.39, 0.29) is 5.41 Å². The molecule has 0 radical (unpaired) electrons. The van der Waals surface area contributed by atoms with Crippen molar-refractivity contribution in [2.24, 2.45) is 11.3 Å². The molecule has 7 heteroatoms. The maximum absolute atomic E-state index is 5.76. The van der Waals surface area contributed by atoms with Gasteiger partial charge in [0.2, 0.25) is 5.13 Å². The first-order valence-electron chi connectivity index (χ1n) is 10.6. The van der Waals surface area contributed by atoms with Gasteiger partial charge in [-0.25, -0.2) is 0 Å². The van der Waals surface area contributed by atoms with Crippen molar-refractivity contribution in [2.75, 3.05) is 58.0 Å². The minimum absolute atomic E-state index is 0.270. The summed E-state index contributed by atoms with van der Waals surface area (Å²) < 4.78 is 11.3. The first-order valence-corrected chi connectivity index (χ1v) is 11.4. The zero-order chi connectivity index (χ0) is 18.7. The fraction of sp³-hybridized carbons (Fsp3) is 0.900. The normalized spacial score (nSPS) is 32.4. The molecule has 2 saturated heterocycles. The van der Waals surface area contributed by atoms with Gasteiger partial charge in [-0.15, -0.1) is 10.2 Å². The highest BCUT2D eigenvalue weighted by Crippen LogP contribution is 2.48. The van der Waals surface area contributed by atoms with Crippen LogP contribution in [-0.4, -0.2) is 74.2 Å². The van der Waals surface area contributed by atoms with Crippen molar-refractivity contribution in [2.45, 2.75) is 51.5 Å². The summed E-state index contributed by atoms with van der Waals surface area (Å²) in [6.45, 7) is 9.24. The van der Waals surface area contributed by atoms with Crippen molar-refractivity contribution in [3.63, 3.8) is 0 Å². The number of aromatic nitrogens is 2. The fourth-order valence-electron chi connectivity index (χ4n) is 5.41. The predicted octanol–water partition coefficient (Wildman–Crippen LogP) is 2.83. The highest BCUT2D eigenvalue weighted by molar-refractivity contribution is 7.15. The van der Waals surface area contributed by atoms with E-state index in [1.165, 1.54) is 30.7 Å². The third-order valence-electron chi connectivity index (χ3n) is 6.84. The quantitative estimate of drug-likeness (QED) is 0.740. The number of morpholine rings is 1. The maximum Gasteiger partial charge on any atom is 0.208 e. The molecule has 0 unspecified atom stereocenters. The average Bonchev–Trinajstić information content (AvgIpc) is 3.17. The van der Waals surface area contributed by atoms with Gasteiger partial charge in [0.05, 0.1) is 19.8 Å². The Labute approximate surface area is 167 Å². The molecule has 3 fully saturated rings. The Morgan fingerprint density at radius 2 is 2.07 bits per heavy atom. The van der Waals surface area contributed by atoms with Crippen molar-refractivity contribution < 1.29 is 9.47 Å². The van der Waals surface area contributed by atoms with Gasteiger partial charge in [-0.2, -0.15) is 0 Å². The molecule has 152 valence electrons. The summed E-state index contributed by atoms with van der Waals surface area (Å²) in [5.74, 6) is 0.748. The summed E-state index contributed by atoms with van der Waals surface area (Å²) in [5, 5.41) is 11.2. The second-order valence-electron chi connectivity index (χ2n) is 8.51. The van der Waals surface area contributed by atoms with Crippen LogP contribution >= 0.6 is 11.3 Å². The number of hydrogen-bond donors (Lipinski definition) is 0. The summed E-state index contributed by atoms with van der Waals surface area (Å²) in [6, 6.07) is 0.730. The molecule has 0 N–H and O–H groups in total. The Balaban J connectivity index is 1.45. The van der Waals surface area contributed by atoms with Gasteiger partial charge in [0.1, 0.15) is 5.01 Å². The molecular formula is C20H34N4O2S. The lowest BCUT2D eigenvalue weighted by Gasteiger charge is -2.54. The Kier molecular flexibility index (Phi) is 6.31. The van der Waals surface area contributed by atoms with Crippen molar-refractivity contribution in [1.29, 1.82) is 0 Å². The molecule has 1 aromatic heterocycles. The molecule has 1 saturated carbocycles. The molecule has 6 nitrogen and oxygen atoms in total. The SMILES string of the molecule is CCCc1nnc(N2CC[C@H]3C[C@@H](N4CCOCC4)CC[C@]3(COC)C2)s1. The van der Waals surface area contributed by atoms with E-state index in [1.807, 2.05) is 7.11 Å². The van der Waals surface area contributed by atoms with Gasteiger partial charge in [-0.1, -0.05) is 18.3 Å². The minimum Gasteiger partial charge on any atom is -0.384 e. The third kappa shape index (κ3) is 4.16. The van der Waals surface area contributed by atoms with Crippen LogP contribution in [0.2, 0.25) is 0 Å². The van der Waals surface area contributed by atoms with Gasteiger partial charge >= 0.3 is 0 Å². The van der Waals surface area contributed by atoms with Gasteiger partial charge in [-0.3, -0.25) is 4.90 Å². The maximum atomic E-state index is 5.76. The van der Waals surface area contributed by atoms with E-state index >= 15 is 0 Å². The molecule has 1 aliphatic carbocycles. The molecule has 0 spiro atoms. The number of rotatable bonds is 6. The van der Waals surface area contributed by atoms with Crippen LogP contribution in [0, 0.1) is 11.3 Å². The molecule has 0 amide bonds. The van der Waals surface area contributed by atoms with E-state index < -0.39 is 0 Å². The first-order chi connectivity index (χ1) is 13.2. The largest absolute Gasteiger partial charge is 0.384 e. The Morgan fingerprint density at radius 1 is 1.22 bits per heavy atom. The van der Waals surface area contributed by atoms with Crippen LogP contribution in [0.1, 0.15) is 44.0 Å². The fourth-order valence-corrected chi connectivity index (χ4v) is 6.37. The van der Waals surface area contributed by atoms with E-state index in [1.54, 1.807) is 11.3 Å². The topological polar surface area (TPSA) is 50.7 Å². The van der Waals surface area contributed by atoms with Gasteiger partial charge in [0.15, 0.2) is 0 Å². The Hall–Kier alpha value is -0.760. The van der Waals surface area contributed by atoms with E-state index in [9.17, 15) is 0 Å². The molecule has 0 bridgehead atoms. The second-order valence-corrected chi connectivity index (χ2v) is 9.55. The monoisotopic (exact) mass is 394 g/mol. The molecule has 4 rings (SSSR count). The van der Waals surface area contributed by atoms with Crippen LogP contribution in [0.4, 0.5) is 5.13 Å². The number of anilines is 1. The minimum atomic E-state index is 0.270. The highest BCUT2D eigenvalue weighted by Gasteiger charge is 2.48. The number of nitrogens with zero attached hydrogens (tertiary/aromatic N) is 4. The van der Waals surface area contributed by atoms with E-state index in [0.29, 0.717) is 0 Å². The summed E-state index contributed by atoms with van der Waals surface area (Å²) >= 11 is 1.78. The van der Waals surface area contributed by atoms with Gasteiger partial charge in [-0.05, 0) is 38.0 Å². The highest BCUT2D eigenvalue weighted by atomic mass is 32.1. The average molecular weight is 395 g/mol. The van der Waals surface area contributed by atoms with E-state index in [2.05, 4.69) is 26.9 Å². The van der Waals surface area contributed by atoms with Gasteiger partial charge in [0.25, 0.3) is 0 Å². The summed E-state index contributed by atoms with van der Waals surface area (Å²) in [6.07, 6.45) is 7.27.